The summed E-state index contributed by atoms with van der Waals surface area (Å²) in [5.41, 5.74) is 0.859. The Bertz CT molecular complexity index is 372. The van der Waals surface area contributed by atoms with E-state index >= 15 is 0 Å². The van der Waals surface area contributed by atoms with Crippen molar-refractivity contribution < 1.29 is 10.2 Å². The van der Waals surface area contributed by atoms with E-state index in [1.54, 1.807) is 12.1 Å². The number of aliphatic hydroxyl groups is 2. The van der Waals surface area contributed by atoms with Gasteiger partial charge in [-0.05, 0) is 30.5 Å². The SMILES string of the molecule is OC1CCN(CCC(O)c2cccc(Cl)c2)C1. The fourth-order valence-electron chi connectivity index (χ4n) is 2.20. The standard InChI is InChI=1S/C13H18ClNO2/c14-11-3-1-2-10(8-11)13(17)5-7-15-6-4-12(16)9-15/h1-3,8,12-13,16-17H,4-7,9H2. The van der Waals surface area contributed by atoms with Crippen LogP contribution in [0.2, 0.25) is 5.02 Å². The Morgan fingerprint density at radius 1 is 1.47 bits per heavy atom. The number of benzene rings is 1. The molecule has 94 valence electrons. The zero-order valence-electron chi connectivity index (χ0n) is 9.72. The highest BCUT2D eigenvalue weighted by molar-refractivity contribution is 6.30. The predicted molar refractivity (Wildman–Crippen MR) is 68.1 cm³/mol. The molecule has 2 unspecified atom stereocenters. The zero-order valence-corrected chi connectivity index (χ0v) is 10.5. The monoisotopic (exact) mass is 255 g/mol. The summed E-state index contributed by atoms with van der Waals surface area (Å²) in [6.45, 7) is 2.45. The molecule has 0 aromatic heterocycles. The molecule has 1 heterocycles. The molecule has 0 bridgehead atoms. The second-order valence-electron chi connectivity index (χ2n) is 4.60. The van der Waals surface area contributed by atoms with E-state index in [2.05, 4.69) is 4.90 Å². The number of β-amino-alcohol motifs (C(OH)–C–C–N with tert-alkyl or cyclic N) is 1. The van der Waals surface area contributed by atoms with Gasteiger partial charge in [0.1, 0.15) is 0 Å². The first-order chi connectivity index (χ1) is 8.15. The summed E-state index contributed by atoms with van der Waals surface area (Å²) < 4.78 is 0. The van der Waals surface area contributed by atoms with E-state index in [1.807, 2.05) is 12.1 Å². The van der Waals surface area contributed by atoms with Gasteiger partial charge in [0, 0.05) is 24.7 Å². The van der Waals surface area contributed by atoms with Crippen molar-refractivity contribution in [1.82, 2.24) is 4.90 Å². The molecule has 1 aromatic carbocycles. The van der Waals surface area contributed by atoms with Crippen molar-refractivity contribution in [2.75, 3.05) is 19.6 Å². The molecule has 1 aromatic rings. The zero-order chi connectivity index (χ0) is 12.3. The molecule has 2 N–H and O–H groups in total. The molecule has 4 heteroatoms. The number of hydrogen-bond acceptors (Lipinski definition) is 3. The number of nitrogens with zero attached hydrogens (tertiary/aromatic N) is 1. The number of hydrogen-bond donors (Lipinski definition) is 2. The average molecular weight is 256 g/mol. The van der Waals surface area contributed by atoms with Gasteiger partial charge in [0.05, 0.1) is 12.2 Å². The average Bonchev–Trinajstić information content (AvgIpc) is 2.72. The Labute approximate surface area is 107 Å². The maximum Gasteiger partial charge on any atom is 0.0802 e. The number of halogens is 1. The molecule has 17 heavy (non-hydrogen) atoms. The van der Waals surface area contributed by atoms with Crippen LogP contribution in [0.3, 0.4) is 0 Å². The predicted octanol–water partition coefficient (Wildman–Crippen LogP) is 1.83. The Kier molecular flexibility index (Phi) is 4.40. The lowest BCUT2D eigenvalue weighted by molar-refractivity contribution is 0.138. The second-order valence-corrected chi connectivity index (χ2v) is 5.04. The lowest BCUT2D eigenvalue weighted by atomic mass is 10.1. The van der Waals surface area contributed by atoms with Gasteiger partial charge >= 0.3 is 0 Å². The van der Waals surface area contributed by atoms with Crippen LogP contribution >= 0.6 is 11.6 Å². The molecule has 2 rings (SSSR count). The lowest BCUT2D eigenvalue weighted by Gasteiger charge is -2.17. The van der Waals surface area contributed by atoms with E-state index < -0.39 is 6.10 Å². The Morgan fingerprint density at radius 3 is 2.94 bits per heavy atom. The molecule has 0 amide bonds. The summed E-state index contributed by atoms with van der Waals surface area (Å²) in [4.78, 5) is 2.18. The first kappa shape index (κ1) is 12.8. The molecule has 1 saturated heterocycles. The van der Waals surface area contributed by atoms with Crippen molar-refractivity contribution in [2.24, 2.45) is 0 Å². The first-order valence-corrected chi connectivity index (χ1v) is 6.37. The topological polar surface area (TPSA) is 43.7 Å². The number of rotatable bonds is 4. The van der Waals surface area contributed by atoms with Gasteiger partial charge in [-0.3, -0.25) is 0 Å². The minimum absolute atomic E-state index is 0.196. The third-order valence-electron chi connectivity index (χ3n) is 3.20. The van der Waals surface area contributed by atoms with Crippen molar-refractivity contribution in [3.8, 4) is 0 Å². The molecular formula is C13H18ClNO2. The summed E-state index contributed by atoms with van der Waals surface area (Å²) in [6.07, 6.45) is 0.838. The van der Waals surface area contributed by atoms with E-state index in [9.17, 15) is 10.2 Å². The molecule has 1 aliphatic heterocycles. The van der Waals surface area contributed by atoms with Crippen molar-refractivity contribution in [2.45, 2.75) is 25.0 Å². The summed E-state index contributed by atoms with van der Waals surface area (Å²) in [6, 6.07) is 7.33. The minimum Gasteiger partial charge on any atom is -0.392 e. The largest absolute Gasteiger partial charge is 0.392 e. The highest BCUT2D eigenvalue weighted by Gasteiger charge is 2.20. The second kappa shape index (κ2) is 5.83. The van der Waals surface area contributed by atoms with Gasteiger partial charge in [-0.2, -0.15) is 0 Å². The van der Waals surface area contributed by atoms with E-state index in [0.717, 1.165) is 31.6 Å². The normalized spacial score (nSPS) is 22.9. The quantitative estimate of drug-likeness (QED) is 0.863. The number of aliphatic hydroxyl groups excluding tert-OH is 2. The van der Waals surface area contributed by atoms with Crippen LogP contribution in [0.5, 0.6) is 0 Å². The molecule has 0 saturated carbocycles. The van der Waals surface area contributed by atoms with Gasteiger partial charge in [-0.25, -0.2) is 0 Å². The molecule has 2 atom stereocenters. The van der Waals surface area contributed by atoms with Gasteiger partial charge < -0.3 is 15.1 Å². The third-order valence-corrected chi connectivity index (χ3v) is 3.43. The van der Waals surface area contributed by atoms with Crippen LogP contribution in [0, 0.1) is 0 Å². The van der Waals surface area contributed by atoms with Crippen molar-refractivity contribution in [1.29, 1.82) is 0 Å². The fraction of sp³-hybridized carbons (Fsp3) is 0.538. The van der Waals surface area contributed by atoms with Gasteiger partial charge in [0.25, 0.3) is 0 Å². The highest BCUT2D eigenvalue weighted by atomic mass is 35.5. The van der Waals surface area contributed by atoms with E-state index in [-0.39, 0.29) is 6.10 Å². The molecule has 1 aliphatic rings. The van der Waals surface area contributed by atoms with Crippen LogP contribution in [0.4, 0.5) is 0 Å². The van der Waals surface area contributed by atoms with Crippen molar-refractivity contribution in [3.63, 3.8) is 0 Å². The van der Waals surface area contributed by atoms with Gasteiger partial charge in [-0.1, -0.05) is 23.7 Å². The van der Waals surface area contributed by atoms with Crippen molar-refractivity contribution >= 4 is 11.6 Å². The molecule has 0 aliphatic carbocycles. The molecule has 0 spiro atoms. The van der Waals surface area contributed by atoms with Crippen LogP contribution in [0.1, 0.15) is 24.5 Å². The minimum atomic E-state index is -0.480. The van der Waals surface area contributed by atoms with Gasteiger partial charge in [0.15, 0.2) is 0 Å². The third kappa shape index (κ3) is 3.68. The Hall–Kier alpha value is -0.610. The Morgan fingerprint density at radius 2 is 2.29 bits per heavy atom. The van der Waals surface area contributed by atoms with Crippen LogP contribution in [0.15, 0.2) is 24.3 Å². The van der Waals surface area contributed by atoms with Crippen LogP contribution in [0.25, 0.3) is 0 Å². The summed E-state index contributed by atoms with van der Waals surface area (Å²) in [5.74, 6) is 0. The van der Waals surface area contributed by atoms with E-state index in [0.29, 0.717) is 11.4 Å². The molecular weight excluding hydrogens is 238 g/mol. The van der Waals surface area contributed by atoms with Crippen LogP contribution < -0.4 is 0 Å². The van der Waals surface area contributed by atoms with Gasteiger partial charge in [-0.15, -0.1) is 0 Å². The summed E-state index contributed by atoms with van der Waals surface area (Å²) >= 11 is 5.88. The number of likely N-dealkylation sites (tertiary alicyclic amines) is 1. The first-order valence-electron chi connectivity index (χ1n) is 5.99. The van der Waals surface area contributed by atoms with Gasteiger partial charge in [0.2, 0.25) is 0 Å². The van der Waals surface area contributed by atoms with Crippen molar-refractivity contribution in [3.05, 3.63) is 34.9 Å². The fourth-order valence-corrected chi connectivity index (χ4v) is 2.40. The summed E-state index contributed by atoms with van der Waals surface area (Å²) in [7, 11) is 0. The molecule has 3 nitrogen and oxygen atoms in total. The maximum absolute atomic E-state index is 10.0. The molecule has 1 fully saturated rings. The smallest absolute Gasteiger partial charge is 0.0802 e. The summed E-state index contributed by atoms with van der Waals surface area (Å²) in [5, 5.41) is 20.1. The van der Waals surface area contributed by atoms with Crippen LogP contribution in [-0.4, -0.2) is 40.9 Å². The molecule has 0 radical (unpaired) electrons. The highest BCUT2D eigenvalue weighted by Crippen LogP contribution is 2.21. The van der Waals surface area contributed by atoms with E-state index in [4.69, 9.17) is 11.6 Å². The van der Waals surface area contributed by atoms with E-state index in [1.165, 1.54) is 0 Å². The maximum atomic E-state index is 10.0. The Balaban J connectivity index is 1.83. The van der Waals surface area contributed by atoms with Crippen LogP contribution in [-0.2, 0) is 0 Å². The lowest BCUT2D eigenvalue weighted by Crippen LogP contribution is -2.24.